The molecule has 4 N–H and O–H groups in total. The average Bonchev–Trinajstić information content (AvgIpc) is 3.25. The Labute approximate surface area is 341 Å². The highest BCUT2D eigenvalue weighted by Crippen LogP contribution is 2.26. The summed E-state index contributed by atoms with van der Waals surface area (Å²) in [4.78, 5) is 0. The third-order valence-corrected chi connectivity index (χ3v) is 9.38. The van der Waals surface area contributed by atoms with E-state index in [9.17, 15) is 0 Å². The lowest BCUT2D eigenvalue weighted by Gasteiger charge is -2.22. The highest BCUT2D eigenvalue weighted by Gasteiger charge is 2.14. The molecule has 0 fully saturated rings. The van der Waals surface area contributed by atoms with Crippen LogP contribution in [0.3, 0.4) is 0 Å². The zero-order chi connectivity index (χ0) is 40.1. The van der Waals surface area contributed by atoms with Gasteiger partial charge < -0.3 is 49.7 Å². The molecule has 0 aliphatic carbocycles. The number of benzene rings is 5. The molecule has 1 unspecified atom stereocenters. The highest BCUT2D eigenvalue weighted by atomic mass is 32.1. The minimum atomic E-state index is 0.0800. The third-order valence-electron chi connectivity index (χ3n) is 8.82. The Morgan fingerprint density at radius 1 is 0.500 bits per heavy atom. The summed E-state index contributed by atoms with van der Waals surface area (Å²) >= 11 is 10.9. The van der Waals surface area contributed by atoms with Gasteiger partial charge in [0.2, 0.25) is 0 Å². The second-order valence-corrected chi connectivity index (χ2v) is 13.2. The molecule has 10 nitrogen and oxygen atoms in total. The summed E-state index contributed by atoms with van der Waals surface area (Å²) < 4.78 is 32.0. The van der Waals surface area contributed by atoms with Crippen LogP contribution in [0.4, 0.5) is 0 Å². The molecule has 0 bridgehead atoms. The van der Waals surface area contributed by atoms with Crippen LogP contribution in [0.1, 0.15) is 33.9 Å². The first-order chi connectivity index (χ1) is 27.3. The predicted molar refractivity (Wildman–Crippen MR) is 232 cm³/mol. The Hall–Kier alpha value is -5.72. The van der Waals surface area contributed by atoms with Crippen molar-refractivity contribution in [3.63, 3.8) is 0 Å². The Bertz CT molecular complexity index is 1970. The lowest BCUT2D eigenvalue weighted by molar-refractivity contribution is 0.390. The summed E-state index contributed by atoms with van der Waals surface area (Å²) in [6.07, 6.45) is 1.60. The molecule has 0 amide bonds. The van der Waals surface area contributed by atoms with Gasteiger partial charge in [0.05, 0.1) is 48.7 Å². The van der Waals surface area contributed by atoms with E-state index in [1.165, 1.54) is 11.1 Å². The number of ether oxygens (including phenoxy) is 6. The molecule has 5 aromatic carbocycles. The minimum Gasteiger partial charge on any atom is -0.497 e. The van der Waals surface area contributed by atoms with Crippen molar-refractivity contribution in [1.29, 1.82) is 0 Å². The lowest BCUT2D eigenvalue weighted by Crippen LogP contribution is -2.38. The molecule has 296 valence electrons. The Morgan fingerprint density at radius 3 is 1.54 bits per heavy atom. The first-order valence-corrected chi connectivity index (χ1v) is 18.9. The molecule has 0 saturated heterocycles. The number of thiocarbonyl (C=S) groups is 2. The van der Waals surface area contributed by atoms with Gasteiger partial charge in [-0.05, 0) is 96.4 Å². The van der Waals surface area contributed by atoms with Crippen molar-refractivity contribution < 1.29 is 28.4 Å². The molecular weight excluding hydrogens is 745 g/mol. The molecule has 0 saturated carbocycles. The molecule has 0 aliphatic heterocycles. The largest absolute Gasteiger partial charge is 0.497 e. The Balaban J connectivity index is 0.000000249. The molecule has 0 spiro atoms. The van der Waals surface area contributed by atoms with Crippen LogP contribution in [0, 0.1) is 0 Å². The van der Waals surface area contributed by atoms with Gasteiger partial charge in [0.15, 0.2) is 10.2 Å². The van der Waals surface area contributed by atoms with Crippen molar-refractivity contribution in [1.82, 2.24) is 21.3 Å². The van der Waals surface area contributed by atoms with Crippen molar-refractivity contribution in [3.8, 4) is 34.5 Å². The summed E-state index contributed by atoms with van der Waals surface area (Å²) in [7, 11) is 9.87. The monoisotopic (exact) mass is 796 g/mol. The van der Waals surface area contributed by atoms with Crippen LogP contribution < -0.4 is 49.7 Å². The van der Waals surface area contributed by atoms with Gasteiger partial charge in [-0.2, -0.15) is 0 Å². The van der Waals surface area contributed by atoms with Crippen LogP contribution in [0.15, 0.2) is 115 Å². The topological polar surface area (TPSA) is 104 Å². The van der Waals surface area contributed by atoms with Crippen LogP contribution in [-0.4, -0.2) is 59.4 Å². The maximum atomic E-state index is 5.59. The van der Waals surface area contributed by atoms with Gasteiger partial charge in [0.1, 0.15) is 34.5 Å². The smallest absolute Gasteiger partial charge is 0.167 e. The van der Waals surface area contributed by atoms with E-state index in [0.717, 1.165) is 64.0 Å². The van der Waals surface area contributed by atoms with E-state index in [2.05, 4.69) is 57.7 Å². The van der Waals surface area contributed by atoms with Crippen molar-refractivity contribution in [3.05, 3.63) is 143 Å². The van der Waals surface area contributed by atoms with Crippen LogP contribution >= 0.6 is 24.4 Å². The lowest BCUT2D eigenvalue weighted by atomic mass is 9.99. The second kappa shape index (κ2) is 23.3. The fourth-order valence-corrected chi connectivity index (χ4v) is 6.18. The van der Waals surface area contributed by atoms with Crippen molar-refractivity contribution >= 4 is 34.7 Å². The normalized spacial score (nSPS) is 10.8. The summed E-state index contributed by atoms with van der Waals surface area (Å²) in [6, 6.07) is 38.1. The molecule has 0 heterocycles. The van der Waals surface area contributed by atoms with Crippen LogP contribution in [-0.2, 0) is 25.9 Å². The highest BCUT2D eigenvalue weighted by molar-refractivity contribution is 7.80. The van der Waals surface area contributed by atoms with E-state index >= 15 is 0 Å². The van der Waals surface area contributed by atoms with E-state index in [1.54, 1.807) is 42.7 Å². The van der Waals surface area contributed by atoms with Gasteiger partial charge in [0, 0.05) is 42.9 Å². The molecule has 5 rings (SSSR count). The van der Waals surface area contributed by atoms with Crippen molar-refractivity contribution in [2.75, 3.05) is 49.2 Å². The van der Waals surface area contributed by atoms with Gasteiger partial charge in [-0.25, -0.2) is 0 Å². The first kappa shape index (κ1) is 43.0. The molecular formula is C44H52N4O6S2. The van der Waals surface area contributed by atoms with Crippen molar-refractivity contribution in [2.24, 2.45) is 0 Å². The van der Waals surface area contributed by atoms with Crippen LogP contribution in [0.2, 0.25) is 0 Å². The SMILES string of the molecule is COc1ccc(CNC(=S)NC(Cc2ccccc2)c2ccccc2)c(OC)c1.COc1ccc(OC)c(CCNC(=S)NCc2ccc(OC)cc2OC)c1. The zero-order valence-corrected chi connectivity index (χ0v) is 34.5. The molecule has 5 aromatic rings. The number of hydrogen-bond acceptors (Lipinski definition) is 8. The van der Waals surface area contributed by atoms with Crippen LogP contribution in [0.5, 0.6) is 34.5 Å². The van der Waals surface area contributed by atoms with E-state index in [0.29, 0.717) is 29.9 Å². The van der Waals surface area contributed by atoms with Gasteiger partial charge in [0.25, 0.3) is 0 Å². The van der Waals surface area contributed by atoms with Gasteiger partial charge in [-0.15, -0.1) is 0 Å². The number of hydrogen-bond donors (Lipinski definition) is 4. The summed E-state index contributed by atoms with van der Waals surface area (Å²) in [5, 5.41) is 14.3. The molecule has 1 atom stereocenters. The van der Waals surface area contributed by atoms with E-state index < -0.39 is 0 Å². The van der Waals surface area contributed by atoms with Crippen LogP contribution in [0.25, 0.3) is 0 Å². The van der Waals surface area contributed by atoms with Gasteiger partial charge >= 0.3 is 0 Å². The maximum absolute atomic E-state index is 5.59. The zero-order valence-electron chi connectivity index (χ0n) is 32.8. The fraction of sp³-hybridized carbons (Fsp3) is 0.273. The van der Waals surface area contributed by atoms with Crippen molar-refractivity contribution in [2.45, 2.75) is 32.0 Å². The quantitative estimate of drug-likeness (QED) is 0.0698. The number of methoxy groups -OCH3 is 6. The average molecular weight is 797 g/mol. The minimum absolute atomic E-state index is 0.0800. The standard InChI is InChI=1S/C24H26N2O2S.C20H26N2O4S/c1-27-21-14-13-20(23(16-21)28-2)17-25-24(29)26-22(19-11-7-4-8-12-19)15-18-9-5-3-6-10-18;1-23-16-7-8-18(25-3)14(11-16)9-10-21-20(27)22-13-15-5-6-17(24-2)12-19(15)26-4/h3-14,16,22H,15,17H2,1-2H3,(H2,25,26,29);5-8,11-12H,9-10,13H2,1-4H3,(H2,21,22,27). The molecule has 56 heavy (non-hydrogen) atoms. The van der Waals surface area contributed by atoms with E-state index in [-0.39, 0.29) is 6.04 Å². The number of rotatable bonds is 17. The second-order valence-electron chi connectivity index (χ2n) is 12.4. The summed E-state index contributed by atoms with van der Waals surface area (Å²) in [5.74, 6) is 4.67. The maximum Gasteiger partial charge on any atom is 0.167 e. The predicted octanol–water partition coefficient (Wildman–Crippen LogP) is 7.58. The fourth-order valence-electron chi connectivity index (χ4n) is 5.79. The third kappa shape index (κ3) is 13.5. The van der Waals surface area contributed by atoms with Gasteiger partial charge in [-0.1, -0.05) is 60.7 Å². The molecule has 0 radical (unpaired) electrons. The first-order valence-electron chi connectivity index (χ1n) is 18.1. The molecule has 0 aromatic heterocycles. The number of nitrogens with one attached hydrogen (secondary N) is 4. The molecule has 12 heteroatoms. The summed E-state index contributed by atoms with van der Waals surface area (Å²) in [6.45, 7) is 1.79. The Kier molecular flexibility index (Phi) is 17.9. The van der Waals surface area contributed by atoms with E-state index in [1.807, 2.05) is 78.9 Å². The summed E-state index contributed by atoms with van der Waals surface area (Å²) in [5.41, 5.74) is 5.52. The van der Waals surface area contributed by atoms with E-state index in [4.69, 9.17) is 52.9 Å². The Morgan fingerprint density at radius 2 is 1.00 bits per heavy atom. The van der Waals surface area contributed by atoms with Gasteiger partial charge in [-0.3, -0.25) is 0 Å². The molecule has 0 aliphatic rings.